The standard InChI is InChI=1S/C23H24F3N3O6/c24-23(25,26)15-5-6-17(28-8-11-33-12-9-28)16(13-15)27-20(30)14-35-22(32)18-3-1-7-29(18)21(31)19-4-2-10-34-19/h2,4-6,10,13,18H,1,3,7-9,11-12,14H2,(H,27,30). The van der Waals surface area contributed by atoms with Crippen molar-refractivity contribution in [1.29, 1.82) is 0 Å². The number of esters is 1. The number of carbonyl (C=O) groups excluding carboxylic acids is 3. The van der Waals surface area contributed by atoms with Crippen LogP contribution in [0.2, 0.25) is 0 Å². The van der Waals surface area contributed by atoms with Gasteiger partial charge in [-0.05, 0) is 43.2 Å². The topological polar surface area (TPSA) is 101 Å². The maximum atomic E-state index is 13.3. The summed E-state index contributed by atoms with van der Waals surface area (Å²) in [5.74, 6) is -1.94. The van der Waals surface area contributed by atoms with E-state index in [2.05, 4.69) is 5.32 Å². The molecule has 2 aliphatic rings. The number of amides is 2. The lowest BCUT2D eigenvalue weighted by Gasteiger charge is -2.31. The van der Waals surface area contributed by atoms with Gasteiger partial charge in [0.25, 0.3) is 11.8 Å². The zero-order valence-electron chi connectivity index (χ0n) is 18.7. The van der Waals surface area contributed by atoms with Gasteiger partial charge in [0, 0.05) is 19.6 Å². The number of hydrogen-bond acceptors (Lipinski definition) is 7. The van der Waals surface area contributed by atoms with Gasteiger partial charge < -0.3 is 29.0 Å². The fourth-order valence-corrected chi connectivity index (χ4v) is 4.11. The number of hydrogen-bond donors (Lipinski definition) is 1. The molecule has 0 aliphatic carbocycles. The van der Waals surface area contributed by atoms with Crippen LogP contribution < -0.4 is 10.2 Å². The summed E-state index contributed by atoms with van der Waals surface area (Å²) in [7, 11) is 0. The minimum absolute atomic E-state index is 0.0433. The molecule has 9 nitrogen and oxygen atoms in total. The Hall–Kier alpha value is -3.54. The summed E-state index contributed by atoms with van der Waals surface area (Å²) in [4.78, 5) is 40.8. The van der Waals surface area contributed by atoms with Crippen molar-refractivity contribution in [2.45, 2.75) is 25.1 Å². The normalized spacial score (nSPS) is 18.4. The van der Waals surface area contributed by atoms with Crippen LogP contribution in [0.1, 0.15) is 29.0 Å². The van der Waals surface area contributed by atoms with Gasteiger partial charge in [0.15, 0.2) is 12.4 Å². The Balaban J connectivity index is 1.41. The molecule has 2 fully saturated rings. The number of ether oxygens (including phenoxy) is 2. The van der Waals surface area contributed by atoms with Crippen molar-refractivity contribution in [3.05, 3.63) is 47.9 Å². The SMILES string of the molecule is O=C(COC(=O)C1CCCN1C(=O)c1ccco1)Nc1cc(C(F)(F)F)ccc1N1CCOCC1. The number of nitrogens with zero attached hydrogens (tertiary/aromatic N) is 2. The van der Waals surface area contributed by atoms with E-state index in [0.717, 1.165) is 12.1 Å². The number of rotatable bonds is 6. The summed E-state index contributed by atoms with van der Waals surface area (Å²) in [6, 6.07) is 5.26. The first kappa shape index (κ1) is 24.6. The molecule has 1 atom stereocenters. The predicted molar refractivity (Wildman–Crippen MR) is 117 cm³/mol. The number of nitrogens with one attached hydrogen (secondary N) is 1. The Morgan fingerprint density at radius 2 is 1.89 bits per heavy atom. The Morgan fingerprint density at radius 1 is 1.11 bits per heavy atom. The molecule has 3 heterocycles. The van der Waals surface area contributed by atoms with Gasteiger partial charge in [-0.1, -0.05) is 0 Å². The first-order valence-electron chi connectivity index (χ1n) is 11.1. The summed E-state index contributed by atoms with van der Waals surface area (Å²) in [6.45, 7) is 1.33. The third-order valence-corrected chi connectivity index (χ3v) is 5.81. The molecule has 2 aromatic rings. The van der Waals surface area contributed by atoms with Crippen LogP contribution in [0.25, 0.3) is 0 Å². The zero-order valence-corrected chi connectivity index (χ0v) is 18.7. The van der Waals surface area contributed by atoms with Crippen LogP contribution in [-0.2, 0) is 25.2 Å². The fourth-order valence-electron chi connectivity index (χ4n) is 4.11. The minimum atomic E-state index is -4.60. The highest BCUT2D eigenvalue weighted by atomic mass is 19.4. The molecule has 12 heteroatoms. The molecule has 1 unspecified atom stereocenters. The molecular weight excluding hydrogens is 471 g/mol. The number of morpholine rings is 1. The minimum Gasteiger partial charge on any atom is -0.459 e. The highest BCUT2D eigenvalue weighted by Gasteiger charge is 2.37. The van der Waals surface area contributed by atoms with Gasteiger partial charge in [0.2, 0.25) is 0 Å². The van der Waals surface area contributed by atoms with Crippen molar-refractivity contribution in [2.24, 2.45) is 0 Å². The molecule has 4 rings (SSSR count). The molecule has 1 aromatic carbocycles. The predicted octanol–water partition coefficient (Wildman–Crippen LogP) is 2.92. The van der Waals surface area contributed by atoms with Gasteiger partial charge in [0.05, 0.1) is 36.4 Å². The van der Waals surface area contributed by atoms with Crippen LogP contribution >= 0.6 is 0 Å². The van der Waals surface area contributed by atoms with Crippen LogP contribution in [0.5, 0.6) is 0 Å². The molecule has 0 radical (unpaired) electrons. The molecule has 0 bridgehead atoms. The lowest BCUT2D eigenvalue weighted by molar-refractivity contribution is -0.151. The second kappa shape index (κ2) is 10.4. The van der Waals surface area contributed by atoms with Crippen molar-refractivity contribution in [2.75, 3.05) is 49.7 Å². The number of anilines is 2. The summed E-state index contributed by atoms with van der Waals surface area (Å²) < 4.78 is 55.3. The number of furan rings is 1. The van der Waals surface area contributed by atoms with Gasteiger partial charge in [-0.3, -0.25) is 9.59 Å². The first-order valence-corrected chi connectivity index (χ1v) is 11.1. The average Bonchev–Trinajstić information content (AvgIpc) is 3.55. The van der Waals surface area contributed by atoms with E-state index in [1.165, 1.54) is 23.3 Å². The molecule has 1 N–H and O–H groups in total. The second-order valence-corrected chi connectivity index (χ2v) is 8.12. The van der Waals surface area contributed by atoms with E-state index in [-0.39, 0.29) is 11.4 Å². The van der Waals surface area contributed by atoms with Crippen molar-refractivity contribution >= 4 is 29.2 Å². The Morgan fingerprint density at radius 3 is 2.57 bits per heavy atom. The quantitative estimate of drug-likeness (QED) is 0.615. The Labute approximate surface area is 198 Å². The van der Waals surface area contributed by atoms with E-state index in [1.807, 2.05) is 4.90 Å². The highest BCUT2D eigenvalue weighted by molar-refractivity contribution is 5.97. The molecule has 2 saturated heterocycles. The van der Waals surface area contributed by atoms with E-state index < -0.39 is 42.2 Å². The van der Waals surface area contributed by atoms with E-state index >= 15 is 0 Å². The zero-order chi connectivity index (χ0) is 25.0. The second-order valence-electron chi connectivity index (χ2n) is 8.12. The van der Waals surface area contributed by atoms with E-state index in [0.29, 0.717) is 51.4 Å². The number of carbonyl (C=O) groups is 3. The van der Waals surface area contributed by atoms with Crippen LogP contribution in [0.4, 0.5) is 24.5 Å². The molecule has 35 heavy (non-hydrogen) atoms. The molecule has 0 spiro atoms. The molecule has 2 amide bonds. The maximum Gasteiger partial charge on any atom is 0.416 e. The summed E-state index contributed by atoms with van der Waals surface area (Å²) >= 11 is 0. The molecular formula is C23H24F3N3O6. The van der Waals surface area contributed by atoms with Gasteiger partial charge >= 0.3 is 12.1 Å². The van der Waals surface area contributed by atoms with E-state index in [4.69, 9.17) is 13.9 Å². The number of alkyl halides is 3. The van der Waals surface area contributed by atoms with Crippen molar-refractivity contribution in [3.63, 3.8) is 0 Å². The summed E-state index contributed by atoms with van der Waals surface area (Å²) in [6.07, 6.45) is -2.31. The lowest BCUT2D eigenvalue weighted by atomic mass is 10.1. The number of likely N-dealkylation sites (tertiary alicyclic amines) is 1. The van der Waals surface area contributed by atoms with E-state index in [1.54, 1.807) is 6.07 Å². The molecule has 2 aliphatic heterocycles. The Bertz CT molecular complexity index is 1070. The van der Waals surface area contributed by atoms with Gasteiger partial charge in [-0.2, -0.15) is 13.2 Å². The Kier molecular flexibility index (Phi) is 7.29. The van der Waals surface area contributed by atoms with Gasteiger partial charge in [-0.15, -0.1) is 0 Å². The van der Waals surface area contributed by atoms with Crippen molar-refractivity contribution in [1.82, 2.24) is 4.90 Å². The average molecular weight is 495 g/mol. The van der Waals surface area contributed by atoms with Crippen molar-refractivity contribution < 1.29 is 41.4 Å². The third kappa shape index (κ3) is 5.76. The van der Waals surface area contributed by atoms with Crippen LogP contribution in [0.3, 0.4) is 0 Å². The van der Waals surface area contributed by atoms with E-state index in [9.17, 15) is 27.6 Å². The fraction of sp³-hybridized carbons (Fsp3) is 0.435. The molecule has 0 saturated carbocycles. The van der Waals surface area contributed by atoms with Gasteiger partial charge in [-0.25, -0.2) is 4.79 Å². The monoisotopic (exact) mass is 495 g/mol. The smallest absolute Gasteiger partial charge is 0.416 e. The highest BCUT2D eigenvalue weighted by Crippen LogP contribution is 2.35. The first-order chi connectivity index (χ1) is 16.7. The molecule has 188 valence electrons. The summed E-state index contributed by atoms with van der Waals surface area (Å²) in [5, 5.41) is 2.43. The van der Waals surface area contributed by atoms with Gasteiger partial charge in [0.1, 0.15) is 6.04 Å². The number of halogens is 3. The van der Waals surface area contributed by atoms with Crippen molar-refractivity contribution in [3.8, 4) is 0 Å². The number of benzene rings is 1. The maximum absolute atomic E-state index is 13.3. The van der Waals surface area contributed by atoms with Crippen LogP contribution in [0, 0.1) is 0 Å². The molecule has 1 aromatic heterocycles. The lowest BCUT2D eigenvalue weighted by Crippen LogP contribution is -2.42. The summed E-state index contributed by atoms with van der Waals surface area (Å²) in [5.41, 5.74) is -0.551. The van der Waals surface area contributed by atoms with Crippen LogP contribution in [-0.4, -0.2) is 68.2 Å². The van der Waals surface area contributed by atoms with Crippen LogP contribution in [0.15, 0.2) is 41.0 Å². The largest absolute Gasteiger partial charge is 0.459 e. The third-order valence-electron chi connectivity index (χ3n) is 5.81.